The lowest BCUT2D eigenvalue weighted by Crippen LogP contribution is -2.53. The number of piperidine rings is 1. The van der Waals surface area contributed by atoms with Crippen molar-refractivity contribution in [2.24, 2.45) is 0 Å². The number of carbonyl (C=O) groups excluding carboxylic acids is 3. The third kappa shape index (κ3) is 3.26. The molecule has 0 radical (unpaired) electrons. The number of benzene rings is 2. The quantitative estimate of drug-likeness (QED) is 0.605. The molecule has 1 fully saturated rings. The van der Waals surface area contributed by atoms with Gasteiger partial charge in [-0.25, -0.2) is 4.68 Å². The summed E-state index contributed by atoms with van der Waals surface area (Å²) in [6.45, 7) is 4.86. The van der Waals surface area contributed by atoms with Crippen LogP contribution in [-0.2, 0) is 16.1 Å². The third-order valence-corrected chi connectivity index (χ3v) is 6.45. The van der Waals surface area contributed by atoms with E-state index < -0.39 is 11.9 Å². The number of nitrogens with zero attached hydrogens (tertiary/aromatic N) is 4. The summed E-state index contributed by atoms with van der Waals surface area (Å²) >= 11 is 0. The van der Waals surface area contributed by atoms with Crippen LogP contribution < -0.4 is 10.2 Å². The fraction of sp³-hybridized carbons (Fsp3) is 0.375. The molecule has 8 heteroatoms. The normalized spacial score (nSPS) is 19.0. The maximum atomic E-state index is 13.2. The van der Waals surface area contributed by atoms with Crippen molar-refractivity contribution in [3.05, 3.63) is 53.3 Å². The predicted octanol–water partition coefficient (Wildman–Crippen LogP) is 3.15. The Bertz CT molecular complexity index is 1250. The van der Waals surface area contributed by atoms with Crippen molar-refractivity contribution in [2.45, 2.75) is 58.0 Å². The summed E-state index contributed by atoms with van der Waals surface area (Å²) in [6, 6.07) is 8.86. The van der Waals surface area contributed by atoms with Crippen molar-refractivity contribution < 1.29 is 14.4 Å². The molecule has 2 aliphatic heterocycles. The predicted molar refractivity (Wildman–Crippen MR) is 119 cm³/mol. The van der Waals surface area contributed by atoms with E-state index in [1.54, 1.807) is 11.0 Å². The Kier molecular flexibility index (Phi) is 5.00. The lowest BCUT2D eigenvalue weighted by molar-refractivity contribution is -0.134. The highest BCUT2D eigenvalue weighted by Crippen LogP contribution is 2.41. The molecule has 2 atom stereocenters. The molecule has 1 saturated heterocycles. The van der Waals surface area contributed by atoms with Crippen LogP contribution in [0.15, 0.2) is 36.5 Å². The first-order valence-corrected chi connectivity index (χ1v) is 11.1. The Morgan fingerprint density at radius 2 is 2.03 bits per heavy atom. The SMILES string of the molecule is CCCC(C)c1cn(Cc2ccc3c4c(cccc24)C(=O)N3C2CCC(=O)NC2=O)nn1. The average Bonchev–Trinajstić information content (AvgIpc) is 3.35. The van der Waals surface area contributed by atoms with E-state index in [1.807, 2.05) is 35.1 Å². The molecular weight excluding hydrogens is 406 g/mol. The van der Waals surface area contributed by atoms with Gasteiger partial charge in [-0.3, -0.25) is 24.6 Å². The zero-order valence-electron chi connectivity index (χ0n) is 18.2. The van der Waals surface area contributed by atoms with Crippen LogP contribution in [0.3, 0.4) is 0 Å². The summed E-state index contributed by atoms with van der Waals surface area (Å²) in [6.07, 6.45) is 4.71. The van der Waals surface area contributed by atoms with Crippen LogP contribution in [0.25, 0.3) is 10.8 Å². The molecule has 0 saturated carbocycles. The number of rotatable bonds is 6. The van der Waals surface area contributed by atoms with Crippen molar-refractivity contribution in [1.82, 2.24) is 20.3 Å². The fourth-order valence-corrected chi connectivity index (χ4v) is 4.81. The zero-order valence-corrected chi connectivity index (χ0v) is 18.2. The van der Waals surface area contributed by atoms with Crippen LogP contribution in [0.5, 0.6) is 0 Å². The first-order valence-electron chi connectivity index (χ1n) is 11.1. The Morgan fingerprint density at radius 3 is 2.81 bits per heavy atom. The van der Waals surface area contributed by atoms with E-state index in [4.69, 9.17) is 0 Å². The molecule has 32 heavy (non-hydrogen) atoms. The van der Waals surface area contributed by atoms with E-state index in [-0.39, 0.29) is 18.2 Å². The molecule has 1 N–H and O–H groups in total. The highest BCUT2D eigenvalue weighted by atomic mass is 16.2. The van der Waals surface area contributed by atoms with Crippen LogP contribution in [0.2, 0.25) is 0 Å². The third-order valence-electron chi connectivity index (χ3n) is 6.45. The summed E-state index contributed by atoms with van der Waals surface area (Å²) in [7, 11) is 0. The highest BCUT2D eigenvalue weighted by molar-refractivity contribution is 6.27. The number of carbonyl (C=O) groups is 3. The Balaban J connectivity index is 1.50. The molecule has 0 bridgehead atoms. The molecule has 2 unspecified atom stereocenters. The summed E-state index contributed by atoms with van der Waals surface area (Å²) in [5.74, 6) is -0.553. The standard InChI is InChI=1S/C24H25N5O3/c1-3-5-14(2)18-13-28(27-26-18)12-15-8-9-19-22-16(15)6-4-7-17(22)24(32)29(19)20-10-11-21(30)25-23(20)31/h4,6-9,13-14,20H,3,5,10-12H2,1-2H3,(H,25,30,31). The van der Waals surface area contributed by atoms with Gasteiger partial charge in [-0.05, 0) is 35.9 Å². The molecule has 0 aliphatic carbocycles. The second-order valence-electron chi connectivity index (χ2n) is 8.64. The number of anilines is 1. The van der Waals surface area contributed by atoms with Gasteiger partial charge in [0.1, 0.15) is 6.04 Å². The van der Waals surface area contributed by atoms with Gasteiger partial charge in [-0.15, -0.1) is 5.10 Å². The maximum absolute atomic E-state index is 13.2. The van der Waals surface area contributed by atoms with Gasteiger partial charge in [0.05, 0.1) is 17.9 Å². The number of hydrogen-bond donors (Lipinski definition) is 1. The van der Waals surface area contributed by atoms with Gasteiger partial charge in [-0.1, -0.05) is 43.7 Å². The first kappa shape index (κ1) is 20.4. The summed E-state index contributed by atoms with van der Waals surface area (Å²) in [5, 5.41) is 12.8. The van der Waals surface area contributed by atoms with Gasteiger partial charge in [0.15, 0.2) is 0 Å². The summed E-state index contributed by atoms with van der Waals surface area (Å²) in [4.78, 5) is 38.8. The van der Waals surface area contributed by atoms with Crippen molar-refractivity contribution >= 4 is 34.2 Å². The second-order valence-corrected chi connectivity index (χ2v) is 8.64. The molecular formula is C24H25N5O3. The van der Waals surface area contributed by atoms with Crippen molar-refractivity contribution in [1.29, 1.82) is 0 Å². The van der Waals surface area contributed by atoms with E-state index in [2.05, 4.69) is 29.5 Å². The molecule has 5 rings (SSSR count). The van der Waals surface area contributed by atoms with E-state index >= 15 is 0 Å². The Hall–Kier alpha value is -3.55. The minimum Gasteiger partial charge on any atom is -0.295 e. The Labute approximate surface area is 185 Å². The lowest BCUT2D eigenvalue weighted by Gasteiger charge is -2.30. The van der Waals surface area contributed by atoms with E-state index in [0.29, 0.717) is 24.4 Å². The van der Waals surface area contributed by atoms with Crippen LogP contribution in [-0.4, -0.2) is 38.8 Å². The summed E-state index contributed by atoms with van der Waals surface area (Å²) in [5.41, 5.74) is 3.31. The smallest absolute Gasteiger partial charge is 0.259 e. The van der Waals surface area contributed by atoms with E-state index in [9.17, 15) is 14.4 Å². The van der Waals surface area contributed by atoms with Gasteiger partial charge in [0.25, 0.3) is 5.91 Å². The molecule has 0 spiro atoms. The second kappa shape index (κ2) is 7.85. The van der Waals surface area contributed by atoms with Gasteiger partial charge in [0, 0.05) is 29.5 Å². The number of aromatic nitrogens is 3. The molecule has 3 heterocycles. The molecule has 1 aromatic heterocycles. The monoisotopic (exact) mass is 431 g/mol. The maximum Gasteiger partial charge on any atom is 0.259 e. The van der Waals surface area contributed by atoms with Crippen LogP contribution in [0.1, 0.15) is 67.1 Å². The van der Waals surface area contributed by atoms with Crippen LogP contribution in [0, 0.1) is 0 Å². The number of imide groups is 1. The number of nitrogens with one attached hydrogen (secondary N) is 1. The first-order chi connectivity index (χ1) is 15.5. The van der Waals surface area contributed by atoms with Crippen LogP contribution in [0.4, 0.5) is 5.69 Å². The lowest BCUT2D eigenvalue weighted by atomic mass is 10.00. The van der Waals surface area contributed by atoms with Crippen molar-refractivity contribution in [3.63, 3.8) is 0 Å². The Morgan fingerprint density at radius 1 is 1.19 bits per heavy atom. The molecule has 2 aliphatic rings. The zero-order chi connectivity index (χ0) is 22.4. The largest absolute Gasteiger partial charge is 0.295 e. The molecule has 3 amide bonds. The van der Waals surface area contributed by atoms with Gasteiger partial charge in [-0.2, -0.15) is 0 Å². The van der Waals surface area contributed by atoms with Gasteiger partial charge >= 0.3 is 0 Å². The van der Waals surface area contributed by atoms with Crippen LogP contribution >= 0.6 is 0 Å². The van der Waals surface area contributed by atoms with Crippen molar-refractivity contribution in [2.75, 3.05) is 4.90 Å². The average molecular weight is 431 g/mol. The van der Waals surface area contributed by atoms with Crippen molar-refractivity contribution in [3.8, 4) is 0 Å². The molecule has 3 aromatic rings. The number of amides is 3. The molecule has 8 nitrogen and oxygen atoms in total. The van der Waals surface area contributed by atoms with E-state index in [0.717, 1.165) is 40.6 Å². The number of hydrogen-bond acceptors (Lipinski definition) is 5. The summed E-state index contributed by atoms with van der Waals surface area (Å²) < 4.78 is 1.83. The highest BCUT2D eigenvalue weighted by Gasteiger charge is 2.40. The van der Waals surface area contributed by atoms with Gasteiger partial charge < -0.3 is 0 Å². The van der Waals surface area contributed by atoms with E-state index in [1.165, 1.54) is 0 Å². The van der Waals surface area contributed by atoms with Gasteiger partial charge in [0.2, 0.25) is 11.8 Å². The fourth-order valence-electron chi connectivity index (χ4n) is 4.81. The molecule has 164 valence electrons. The molecule has 2 aromatic carbocycles. The topological polar surface area (TPSA) is 97.2 Å². The minimum absolute atomic E-state index is 0.200. The minimum atomic E-state index is -0.681.